The predicted octanol–water partition coefficient (Wildman–Crippen LogP) is 0.775. The summed E-state index contributed by atoms with van der Waals surface area (Å²) in [6.45, 7) is 2.61. The molecule has 7 heteroatoms. The van der Waals surface area contributed by atoms with Crippen LogP contribution in [0.5, 0.6) is 0 Å². The molecule has 0 radical (unpaired) electrons. The Hall–Kier alpha value is -1.02. The molecule has 0 aliphatic carbocycles. The number of likely N-dealkylation sites (tertiary alicyclic amines) is 1. The molecule has 0 spiro atoms. The minimum absolute atomic E-state index is 0.112. The highest BCUT2D eigenvalue weighted by Gasteiger charge is 2.22. The summed E-state index contributed by atoms with van der Waals surface area (Å²) >= 11 is 0. The van der Waals surface area contributed by atoms with Crippen LogP contribution in [0.4, 0.5) is 4.39 Å². The lowest BCUT2D eigenvalue weighted by molar-refractivity contribution is 0.394. The van der Waals surface area contributed by atoms with Gasteiger partial charge in [0.25, 0.3) is 0 Å². The van der Waals surface area contributed by atoms with Crippen molar-refractivity contribution < 1.29 is 12.8 Å². The molecule has 1 aromatic rings. The summed E-state index contributed by atoms with van der Waals surface area (Å²) in [4.78, 5) is 2.29. The molecule has 1 unspecified atom stereocenters. The van der Waals surface area contributed by atoms with E-state index in [-0.39, 0.29) is 4.90 Å². The molecule has 1 atom stereocenters. The summed E-state index contributed by atoms with van der Waals surface area (Å²) in [5, 5.41) is 2.82. The summed E-state index contributed by atoms with van der Waals surface area (Å²) in [5.74, 6) is -0.0669. The second-order valence-electron chi connectivity index (χ2n) is 5.55. The van der Waals surface area contributed by atoms with Gasteiger partial charge in [0.2, 0.25) is 10.0 Å². The van der Waals surface area contributed by atoms with Gasteiger partial charge in [-0.15, -0.1) is 0 Å². The van der Waals surface area contributed by atoms with Crippen LogP contribution in [-0.2, 0) is 16.6 Å². The number of sulfonamides is 1. The maximum atomic E-state index is 13.6. The van der Waals surface area contributed by atoms with Gasteiger partial charge in [-0.1, -0.05) is 0 Å². The van der Waals surface area contributed by atoms with Gasteiger partial charge in [0.1, 0.15) is 5.82 Å². The minimum Gasteiger partial charge on any atom is -0.316 e. The smallest absolute Gasteiger partial charge is 0.240 e. The van der Waals surface area contributed by atoms with Gasteiger partial charge in [-0.25, -0.2) is 17.5 Å². The number of hydrogen-bond donors (Lipinski definition) is 2. The highest BCUT2D eigenvalue weighted by Crippen LogP contribution is 2.17. The summed E-state index contributed by atoms with van der Waals surface area (Å²) < 4.78 is 40.7. The highest BCUT2D eigenvalue weighted by molar-refractivity contribution is 7.89. The van der Waals surface area contributed by atoms with Crippen molar-refractivity contribution in [2.24, 2.45) is 5.92 Å². The average Bonchev–Trinajstić information content (AvgIpc) is 2.85. The SMILES string of the molecule is CNCc1cc(S(=O)(=O)NCC2CCN(C)C2)ccc1F. The molecule has 1 fully saturated rings. The Labute approximate surface area is 125 Å². The van der Waals surface area contributed by atoms with Crippen molar-refractivity contribution in [2.45, 2.75) is 17.9 Å². The molecular formula is C14H22FN3O2S. The first-order valence-corrected chi connectivity index (χ1v) is 8.52. The molecule has 0 bridgehead atoms. The second-order valence-corrected chi connectivity index (χ2v) is 7.32. The van der Waals surface area contributed by atoms with Crippen molar-refractivity contribution >= 4 is 10.0 Å². The van der Waals surface area contributed by atoms with E-state index in [9.17, 15) is 12.8 Å². The van der Waals surface area contributed by atoms with E-state index in [1.54, 1.807) is 7.05 Å². The highest BCUT2D eigenvalue weighted by atomic mass is 32.2. The van der Waals surface area contributed by atoms with E-state index < -0.39 is 15.8 Å². The van der Waals surface area contributed by atoms with Crippen LogP contribution >= 0.6 is 0 Å². The van der Waals surface area contributed by atoms with E-state index in [4.69, 9.17) is 0 Å². The maximum Gasteiger partial charge on any atom is 0.240 e. The molecule has 0 aromatic heterocycles. The topological polar surface area (TPSA) is 61.4 Å². The molecule has 1 aromatic carbocycles. The number of rotatable bonds is 6. The number of nitrogens with one attached hydrogen (secondary N) is 2. The van der Waals surface area contributed by atoms with Crippen LogP contribution < -0.4 is 10.0 Å². The molecule has 1 heterocycles. The van der Waals surface area contributed by atoms with Gasteiger partial charge in [-0.05, 0) is 51.2 Å². The van der Waals surface area contributed by atoms with Gasteiger partial charge < -0.3 is 10.2 Å². The van der Waals surface area contributed by atoms with Crippen LogP contribution in [0.1, 0.15) is 12.0 Å². The molecule has 1 saturated heterocycles. The van der Waals surface area contributed by atoms with Crippen molar-refractivity contribution in [3.8, 4) is 0 Å². The van der Waals surface area contributed by atoms with Crippen LogP contribution in [0, 0.1) is 11.7 Å². The first-order valence-electron chi connectivity index (χ1n) is 7.03. The number of benzene rings is 1. The molecule has 21 heavy (non-hydrogen) atoms. The number of halogens is 1. The third-order valence-corrected chi connectivity index (χ3v) is 5.17. The summed E-state index contributed by atoms with van der Waals surface area (Å²) in [7, 11) is 0.130. The maximum absolute atomic E-state index is 13.6. The Bertz CT molecular complexity index is 592. The summed E-state index contributed by atoms with van der Waals surface area (Å²) in [5.41, 5.74) is 0.348. The molecule has 118 valence electrons. The van der Waals surface area contributed by atoms with Gasteiger partial charge in [0, 0.05) is 25.2 Å². The average molecular weight is 315 g/mol. The largest absolute Gasteiger partial charge is 0.316 e. The standard InChI is InChI=1S/C14H22FN3O2S/c1-16-9-12-7-13(3-4-14(12)15)21(19,20)17-8-11-5-6-18(2)10-11/h3-4,7,11,16-17H,5-6,8-10H2,1-2H3. The fourth-order valence-corrected chi connectivity index (χ4v) is 3.71. The molecule has 0 amide bonds. The lowest BCUT2D eigenvalue weighted by atomic mass is 10.1. The first-order chi connectivity index (χ1) is 9.92. The Morgan fingerprint density at radius 1 is 1.43 bits per heavy atom. The van der Waals surface area contributed by atoms with Crippen molar-refractivity contribution in [1.29, 1.82) is 0 Å². The molecule has 1 aliphatic rings. The van der Waals surface area contributed by atoms with Crippen molar-refractivity contribution in [1.82, 2.24) is 14.9 Å². The van der Waals surface area contributed by atoms with E-state index >= 15 is 0 Å². The van der Waals surface area contributed by atoms with Crippen LogP contribution in [0.3, 0.4) is 0 Å². The van der Waals surface area contributed by atoms with E-state index in [0.29, 0.717) is 24.6 Å². The van der Waals surface area contributed by atoms with Gasteiger partial charge in [-0.2, -0.15) is 0 Å². The third kappa shape index (κ3) is 4.23. The van der Waals surface area contributed by atoms with Crippen molar-refractivity contribution in [2.75, 3.05) is 33.7 Å². The molecule has 2 rings (SSSR count). The molecule has 2 N–H and O–H groups in total. The van der Waals surface area contributed by atoms with E-state index in [2.05, 4.69) is 14.9 Å². The lowest BCUT2D eigenvalue weighted by Crippen LogP contribution is -2.30. The second kappa shape index (κ2) is 6.83. The van der Waals surface area contributed by atoms with Crippen molar-refractivity contribution in [3.63, 3.8) is 0 Å². The van der Waals surface area contributed by atoms with Crippen molar-refractivity contribution in [3.05, 3.63) is 29.6 Å². The molecule has 5 nitrogen and oxygen atoms in total. The van der Waals surface area contributed by atoms with Crippen LogP contribution in [0.2, 0.25) is 0 Å². The zero-order chi connectivity index (χ0) is 15.5. The number of nitrogens with zero attached hydrogens (tertiary/aromatic N) is 1. The Kier molecular flexibility index (Phi) is 5.32. The van der Waals surface area contributed by atoms with E-state index in [1.165, 1.54) is 18.2 Å². The third-order valence-electron chi connectivity index (χ3n) is 3.75. The van der Waals surface area contributed by atoms with Crippen LogP contribution in [0.25, 0.3) is 0 Å². The van der Waals surface area contributed by atoms with Gasteiger partial charge in [0.05, 0.1) is 4.90 Å². The Balaban J connectivity index is 2.06. The fourth-order valence-electron chi connectivity index (χ4n) is 2.55. The Morgan fingerprint density at radius 2 is 2.19 bits per heavy atom. The Morgan fingerprint density at radius 3 is 2.81 bits per heavy atom. The summed E-state index contributed by atoms with van der Waals surface area (Å²) in [6, 6.07) is 3.89. The summed E-state index contributed by atoms with van der Waals surface area (Å²) in [6.07, 6.45) is 0.993. The van der Waals surface area contributed by atoms with Crippen LogP contribution in [0.15, 0.2) is 23.1 Å². The molecular weight excluding hydrogens is 293 g/mol. The predicted molar refractivity (Wildman–Crippen MR) is 80.0 cm³/mol. The molecule has 0 saturated carbocycles. The minimum atomic E-state index is -3.59. The zero-order valence-electron chi connectivity index (χ0n) is 12.4. The lowest BCUT2D eigenvalue weighted by Gasteiger charge is -2.13. The first kappa shape index (κ1) is 16.4. The van der Waals surface area contributed by atoms with Crippen LogP contribution in [-0.4, -0.2) is 47.0 Å². The monoisotopic (exact) mass is 315 g/mol. The zero-order valence-corrected chi connectivity index (χ0v) is 13.2. The van der Waals surface area contributed by atoms with E-state index in [1.807, 2.05) is 7.05 Å². The number of hydrogen-bond acceptors (Lipinski definition) is 4. The van der Waals surface area contributed by atoms with Gasteiger partial charge in [-0.3, -0.25) is 0 Å². The van der Waals surface area contributed by atoms with Gasteiger partial charge in [0.15, 0.2) is 0 Å². The normalized spacial score (nSPS) is 20.0. The fraction of sp³-hybridized carbons (Fsp3) is 0.571. The molecule has 1 aliphatic heterocycles. The van der Waals surface area contributed by atoms with Gasteiger partial charge >= 0.3 is 0 Å². The quantitative estimate of drug-likeness (QED) is 0.814. The van der Waals surface area contributed by atoms with E-state index in [0.717, 1.165) is 19.5 Å².